The van der Waals surface area contributed by atoms with Crippen LogP contribution in [0.3, 0.4) is 0 Å². The van der Waals surface area contributed by atoms with Gasteiger partial charge in [0.05, 0.1) is 22.7 Å². The third kappa shape index (κ3) is 4.89. The van der Waals surface area contributed by atoms with Crippen LogP contribution in [0.4, 0.5) is 10.8 Å². The van der Waals surface area contributed by atoms with Crippen molar-refractivity contribution in [3.05, 3.63) is 47.5 Å². The number of carbonyl (C=O) groups excluding carboxylic acids is 1. The molecule has 2 aliphatic rings. The van der Waals surface area contributed by atoms with E-state index in [4.69, 9.17) is 21.3 Å². The Labute approximate surface area is 203 Å². The van der Waals surface area contributed by atoms with Gasteiger partial charge in [-0.1, -0.05) is 22.9 Å². The number of benzene rings is 2. The zero-order valence-electron chi connectivity index (χ0n) is 18.9. The Morgan fingerprint density at radius 2 is 1.88 bits per heavy atom. The Morgan fingerprint density at radius 3 is 2.64 bits per heavy atom. The number of piperidine rings is 1. The molecule has 6 nitrogen and oxygen atoms in total. The maximum atomic E-state index is 13.3. The standard InChI is InChI=1S/C25H29ClN4O2S/c1-2-32-21-9-10-22-23(16-21)33-25(27-22)30-11-3-4-18(17-30)24(31)29-14-12-28(13-15-29)20-7-5-19(26)6-8-20/h5-10,16,18H,2-4,11-15,17H2,1H3/t18-/m0/s1. The van der Waals surface area contributed by atoms with E-state index in [1.807, 2.05) is 48.2 Å². The Balaban J connectivity index is 1.21. The zero-order valence-corrected chi connectivity index (χ0v) is 20.4. The highest BCUT2D eigenvalue weighted by molar-refractivity contribution is 7.22. The first-order valence-corrected chi connectivity index (χ1v) is 12.9. The van der Waals surface area contributed by atoms with Crippen LogP contribution in [0.5, 0.6) is 5.75 Å². The largest absolute Gasteiger partial charge is 0.494 e. The van der Waals surface area contributed by atoms with E-state index in [1.165, 1.54) is 5.69 Å². The third-order valence-electron chi connectivity index (χ3n) is 6.48. The summed E-state index contributed by atoms with van der Waals surface area (Å²) in [6, 6.07) is 14.0. The van der Waals surface area contributed by atoms with Crippen LogP contribution >= 0.6 is 22.9 Å². The van der Waals surface area contributed by atoms with Gasteiger partial charge in [-0.05, 0) is 62.2 Å². The average Bonchev–Trinajstić information content (AvgIpc) is 3.28. The minimum absolute atomic E-state index is 0.0341. The number of piperazine rings is 1. The van der Waals surface area contributed by atoms with Crippen molar-refractivity contribution in [1.29, 1.82) is 0 Å². The van der Waals surface area contributed by atoms with Crippen LogP contribution in [0.2, 0.25) is 5.02 Å². The molecule has 2 aromatic carbocycles. The Bertz CT molecular complexity index is 1110. The number of amides is 1. The van der Waals surface area contributed by atoms with Gasteiger partial charge in [-0.25, -0.2) is 4.98 Å². The van der Waals surface area contributed by atoms with Gasteiger partial charge in [-0.3, -0.25) is 4.79 Å². The molecule has 5 rings (SSSR count). The highest BCUT2D eigenvalue weighted by Crippen LogP contribution is 2.34. The van der Waals surface area contributed by atoms with Gasteiger partial charge in [0, 0.05) is 50.0 Å². The van der Waals surface area contributed by atoms with Crippen molar-refractivity contribution in [1.82, 2.24) is 9.88 Å². The van der Waals surface area contributed by atoms with Crippen LogP contribution in [-0.4, -0.2) is 61.7 Å². The molecule has 3 heterocycles. The van der Waals surface area contributed by atoms with Crippen LogP contribution in [0.25, 0.3) is 10.2 Å². The maximum absolute atomic E-state index is 13.3. The number of halogens is 1. The van der Waals surface area contributed by atoms with Crippen molar-refractivity contribution in [3.8, 4) is 5.75 Å². The molecule has 0 N–H and O–H groups in total. The summed E-state index contributed by atoms with van der Waals surface area (Å²) in [5.41, 5.74) is 2.16. The fourth-order valence-corrected chi connectivity index (χ4v) is 5.89. The van der Waals surface area contributed by atoms with Gasteiger partial charge < -0.3 is 19.4 Å². The summed E-state index contributed by atoms with van der Waals surface area (Å²) in [4.78, 5) is 24.8. The fraction of sp³-hybridized carbons (Fsp3) is 0.440. The Kier molecular flexibility index (Phi) is 6.60. The number of carbonyl (C=O) groups is 1. The predicted octanol–water partition coefficient (Wildman–Crippen LogP) is 4.91. The molecule has 2 saturated heterocycles. The molecule has 0 spiro atoms. The first-order valence-electron chi connectivity index (χ1n) is 11.7. The monoisotopic (exact) mass is 484 g/mol. The molecule has 2 aliphatic heterocycles. The molecule has 0 unspecified atom stereocenters. The number of aromatic nitrogens is 1. The van der Waals surface area contributed by atoms with Gasteiger partial charge in [0.15, 0.2) is 5.13 Å². The Hall–Kier alpha value is -2.51. The SMILES string of the molecule is CCOc1ccc2nc(N3CCC[C@H](C(=O)N4CCN(c5ccc(Cl)cc5)CC4)C3)sc2c1. The lowest BCUT2D eigenvalue weighted by molar-refractivity contribution is -0.136. The van der Waals surface area contributed by atoms with Crippen molar-refractivity contribution in [2.75, 3.05) is 55.7 Å². The second kappa shape index (κ2) is 9.77. The number of rotatable bonds is 5. The summed E-state index contributed by atoms with van der Waals surface area (Å²) in [6.07, 6.45) is 1.97. The molecule has 0 aliphatic carbocycles. The summed E-state index contributed by atoms with van der Waals surface area (Å²) in [6.45, 7) is 7.57. The number of thiazole rings is 1. The highest BCUT2D eigenvalue weighted by atomic mass is 35.5. The normalized spacial score (nSPS) is 19.2. The smallest absolute Gasteiger partial charge is 0.227 e. The highest BCUT2D eigenvalue weighted by Gasteiger charge is 2.32. The van der Waals surface area contributed by atoms with Gasteiger partial charge in [0.2, 0.25) is 5.91 Å². The van der Waals surface area contributed by atoms with Crippen LogP contribution < -0.4 is 14.5 Å². The van der Waals surface area contributed by atoms with Crippen molar-refractivity contribution >= 4 is 49.9 Å². The topological polar surface area (TPSA) is 48.9 Å². The molecular formula is C25H29ClN4O2S. The summed E-state index contributed by atoms with van der Waals surface area (Å²) < 4.78 is 6.76. The van der Waals surface area contributed by atoms with Crippen LogP contribution in [0.15, 0.2) is 42.5 Å². The van der Waals surface area contributed by atoms with Crippen molar-refractivity contribution in [2.24, 2.45) is 5.92 Å². The fourth-order valence-electron chi connectivity index (χ4n) is 4.73. The first-order chi connectivity index (χ1) is 16.1. The lowest BCUT2D eigenvalue weighted by atomic mass is 9.96. The van der Waals surface area contributed by atoms with E-state index in [1.54, 1.807) is 11.3 Å². The van der Waals surface area contributed by atoms with Gasteiger partial charge >= 0.3 is 0 Å². The molecule has 3 aromatic rings. The van der Waals surface area contributed by atoms with Crippen molar-refractivity contribution in [3.63, 3.8) is 0 Å². The number of anilines is 2. The van der Waals surface area contributed by atoms with E-state index >= 15 is 0 Å². The number of ether oxygens (including phenoxy) is 1. The number of nitrogens with zero attached hydrogens (tertiary/aromatic N) is 4. The minimum Gasteiger partial charge on any atom is -0.494 e. The van der Waals surface area contributed by atoms with Crippen LogP contribution in [0.1, 0.15) is 19.8 Å². The van der Waals surface area contributed by atoms with Crippen molar-refractivity contribution < 1.29 is 9.53 Å². The van der Waals surface area contributed by atoms with Crippen LogP contribution in [-0.2, 0) is 4.79 Å². The lowest BCUT2D eigenvalue weighted by Gasteiger charge is -2.39. The number of hydrogen-bond donors (Lipinski definition) is 0. The van der Waals surface area contributed by atoms with E-state index in [9.17, 15) is 4.79 Å². The second-order valence-corrected chi connectivity index (χ2v) is 10.1. The lowest BCUT2D eigenvalue weighted by Crippen LogP contribution is -2.52. The molecule has 2 fully saturated rings. The predicted molar refractivity (Wildman–Crippen MR) is 136 cm³/mol. The van der Waals surface area contributed by atoms with E-state index < -0.39 is 0 Å². The summed E-state index contributed by atoms with van der Waals surface area (Å²) in [7, 11) is 0. The molecule has 0 bridgehead atoms. The van der Waals surface area contributed by atoms with Crippen molar-refractivity contribution in [2.45, 2.75) is 19.8 Å². The molecule has 1 atom stereocenters. The molecule has 1 aromatic heterocycles. The van der Waals surface area contributed by atoms with Gasteiger partial charge in [0.1, 0.15) is 5.75 Å². The second-order valence-electron chi connectivity index (χ2n) is 8.63. The average molecular weight is 485 g/mol. The van der Waals surface area contributed by atoms with E-state index in [2.05, 4.69) is 15.9 Å². The summed E-state index contributed by atoms with van der Waals surface area (Å²) >= 11 is 7.70. The quantitative estimate of drug-likeness (QED) is 0.514. The van der Waals surface area contributed by atoms with Crippen LogP contribution in [0, 0.1) is 5.92 Å². The number of fused-ring (bicyclic) bond motifs is 1. The molecule has 1 amide bonds. The Morgan fingerprint density at radius 1 is 1.09 bits per heavy atom. The van der Waals surface area contributed by atoms with E-state index in [-0.39, 0.29) is 11.8 Å². The molecule has 0 radical (unpaired) electrons. The number of hydrogen-bond acceptors (Lipinski definition) is 6. The summed E-state index contributed by atoms with van der Waals surface area (Å²) in [5, 5.41) is 1.75. The first kappa shape index (κ1) is 22.3. The van der Waals surface area contributed by atoms with E-state index in [0.717, 1.165) is 78.2 Å². The molecular weight excluding hydrogens is 456 g/mol. The maximum Gasteiger partial charge on any atom is 0.227 e. The zero-order chi connectivity index (χ0) is 22.8. The molecule has 174 valence electrons. The molecule has 33 heavy (non-hydrogen) atoms. The minimum atomic E-state index is 0.0341. The van der Waals surface area contributed by atoms with Gasteiger partial charge in [0.25, 0.3) is 0 Å². The van der Waals surface area contributed by atoms with E-state index in [0.29, 0.717) is 6.61 Å². The van der Waals surface area contributed by atoms with Gasteiger partial charge in [-0.15, -0.1) is 0 Å². The van der Waals surface area contributed by atoms with Gasteiger partial charge in [-0.2, -0.15) is 0 Å². The third-order valence-corrected chi connectivity index (χ3v) is 7.81. The molecule has 0 saturated carbocycles. The summed E-state index contributed by atoms with van der Waals surface area (Å²) in [5.74, 6) is 1.20. The molecule has 8 heteroatoms.